The molecule has 3 unspecified atom stereocenters. The highest BCUT2D eigenvalue weighted by atomic mass is 16.3. The van der Waals surface area contributed by atoms with Crippen molar-refractivity contribution < 1.29 is 5.11 Å². The largest absolute Gasteiger partial charge is 0.507 e. The Morgan fingerprint density at radius 1 is 0.370 bits per heavy atom. The third-order valence-corrected chi connectivity index (χ3v) is 16.2. The predicted molar refractivity (Wildman–Crippen MR) is 305 cm³/mol. The molecule has 0 aromatic heterocycles. The molecule has 346 valence electrons. The van der Waals surface area contributed by atoms with E-state index in [-0.39, 0.29) is 5.75 Å². The van der Waals surface area contributed by atoms with Crippen LogP contribution < -0.4 is 0 Å². The van der Waals surface area contributed by atoms with Crippen LogP contribution in [0.15, 0.2) is 266 Å². The molecule has 73 heavy (non-hydrogen) atoms. The van der Waals surface area contributed by atoms with Crippen molar-refractivity contribution in [3.05, 3.63) is 294 Å². The summed E-state index contributed by atoms with van der Waals surface area (Å²) in [7, 11) is 0. The number of fused-ring (bicyclic) bond motifs is 11. The standard InChI is InChI=1S/C72H52O/c73-72-58(33-14-34-59(72)57-24-13-22-53(43-57)49-18-11-20-51(41-49)55-36-38-69-65-30-4-2-26-61(65)63-28-6-8-32-67(63)71(69)45-55)56-23-12-21-52(42-56)48-17-9-15-46(39-48)47-16-10-19-50(40-47)54-35-37-68-64-29-3-1-25-60(64)62-27-5-7-31-66(62)70(68)44-54/h1-2,4-28,30-43,45,63,67,70,73H,3,29,44H2. The fraction of sp³-hybridized carbons (Fsp3) is 0.0833. The first kappa shape index (κ1) is 43.0. The quantitative estimate of drug-likeness (QED) is 0.169. The van der Waals surface area contributed by atoms with Gasteiger partial charge in [-0.15, -0.1) is 0 Å². The summed E-state index contributed by atoms with van der Waals surface area (Å²) < 4.78 is 0. The Morgan fingerprint density at radius 2 is 0.836 bits per heavy atom. The number of aromatic hydroxyl groups is 1. The third-order valence-electron chi connectivity index (χ3n) is 16.2. The molecule has 14 rings (SSSR count). The van der Waals surface area contributed by atoms with Crippen molar-refractivity contribution in [3.63, 3.8) is 0 Å². The summed E-state index contributed by atoms with van der Waals surface area (Å²) in [6.45, 7) is 0. The molecule has 0 spiro atoms. The van der Waals surface area contributed by atoms with Crippen molar-refractivity contribution in [2.24, 2.45) is 0 Å². The lowest BCUT2D eigenvalue weighted by molar-refractivity contribution is 0.479. The van der Waals surface area contributed by atoms with Gasteiger partial charge in [0.15, 0.2) is 0 Å². The van der Waals surface area contributed by atoms with E-state index in [2.05, 4.69) is 243 Å². The Kier molecular flexibility index (Phi) is 10.5. The van der Waals surface area contributed by atoms with E-state index in [1.807, 2.05) is 12.1 Å². The SMILES string of the molecule is Oc1c(-c2cccc(-c3cccc(-c4cccc(C5=CC=C6C7=C(C=CCC7)c7ccccc7C6C5)c4)c3)c2)cccc1-c1cccc(-c2cccc(-c3ccc4c(c3)C3C=CC=CC3c3ccccc3-4)c2)c1. The monoisotopic (exact) mass is 932 g/mol. The first-order chi connectivity index (χ1) is 36.1. The highest BCUT2D eigenvalue weighted by Gasteiger charge is 2.34. The van der Waals surface area contributed by atoms with Gasteiger partial charge in [0.2, 0.25) is 0 Å². The summed E-state index contributed by atoms with van der Waals surface area (Å²) in [5.41, 5.74) is 28.3. The Balaban J connectivity index is 0.731. The van der Waals surface area contributed by atoms with Crippen LogP contribution in [0.5, 0.6) is 5.75 Å². The number of phenols is 1. The van der Waals surface area contributed by atoms with Crippen molar-refractivity contribution in [2.45, 2.75) is 37.0 Å². The van der Waals surface area contributed by atoms with E-state index in [1.54, 1.807) is 0 Å². The molecule has 5 aliphatic rings. The number of phenolic OH excluding ortho intramolecular Hbond substituents is 1. The molecule has 5 aliphatic carbocycles. The number of rotatable bonds is 7. The fourth-order valence-electron chi connectivity index (χ4n) is 12.7. The van der Waals surface area contributed by atoms with E-state index in [9.17, 15) is 5.11 Å². The molecule has 1 heteroatoms. The van der Waals surface area contributed by atoms with Crippen LogP contribution in [-0.2, 0) is 0 Å². The maximum Gasteiger partial charge on any atom is 0.131 e. The summed E-state index contributed by atoms with van der Waals surface area (Å²) >= 11 is 0. The molecule has 0 saturated heterocycles. The number of benzene rings is 9. The molecule has 0 bridgehead atoms. The van der Waals surface area contributed by atoms with Gasteiger partial charge in [0, 0.05) is 28.9 Å². The van der Waals surface area contributed by atoms with Crippen molar-refractivity contribution >= 4 is 11.1 Å². The third kappa shape index (κ3) is 7.54. The summed E-state index contributed by atoms with van der Waals surface area (Å²) in [4.78, 5) is 0. The highest BCUT2D eigenvalue weighted by molar-refractivity contribution is 5.90. The molecular weight excluding hydrogens is 881 g/mol. The van der Waals surface area contributed by atoms with Gasteiger partial charge in [-0.3, -0.25) is 0 Å². The molecule has 0 amide bonds. The van der Waals surface area contributed by atoms with Crippen LogP contribution >= 0.6 is 0 Å². The molecule has 0 saturated carbocycles. The second-order valence-electron chi connectivity index (χ2n) is 20.3. The number of para-hydroxylation sites is 1. The molecule has 0 radical (unpaired) electrons. The van der Waals surface area contributed by atoms with E-state index in [4.69, 9.17) is 0 Å². The topological polar surface area (TPSA) is 20.2 Å². The average Bonchev–Trinajstić information content (AvgIpc) is 3.47. The van der Waals surface area contributed by atoms with E-state index in [0.717, 1.165) is 63.8 Å². The van der Waals surface area contributed by atoms with Gasteiger partial charge in [-0.05, 0) is 173 Å². The number of hydrogen-bond donors (Lipinski definition) is 1. The average molecular weight is 933 g/mol. The van der Waals surface area contributed by atoms with Gasteiger partial charge in [-0.2, -0.15) is 0 Å². The Bertz CT molecular complexity index is 3920. The van der Waals surface area contributed by atoms with Crippen molar-refractivity contribution in [2.75, 3.05) is 0 Å². The van der Waals surface area contributed by atoms with Crippen molar-refractivity contribution in [1.82, 2.24) is 0 Å². The summed E-state index contributed by atoms with van der Waals surface area (Å²) in [6, 6.07) is 75.0. The molecule has 9 aromatic rings. The van der Waals surface area contributed by atoms with Gasteiger partial charge in [0.1, 0.15) is 5.75 Å². The smallest absolute Gasteiger partial charge is 0.131 e. The van der Waals surface area contributed by atoms with Crippen LogP contribution in [-0.4, -0.2) is 5.11 Å². The maximum atomic E-state index is 12.1. The molecule has 0 aliphatic heterocycles. The van der Waals surface area contributed by atoms with Gasteiger partial charge >= 0.3 is 0 Å². The minimum absolute atomic E-state index is 0.278. The second-order valence-corrected chi connectivity index (χ2v) is 20.3. The van der Waals surface area contributed by atoms with Gasteiger partial charge < -0.3 is 5.11 Å². The zero-order valence-electron chi connectivity index (χ0n) is 40.5. The van der Waals surface area contributed by atoms with Gasteiger partial charge in [-0.25, -0.2) is 0 Å². The lowest BCUT2D eigenvalue weighted by Crippen LogP contribution is -2.17. The maximum absolute atomic E-state index is 12.1. The lowest BCUT2D eigenvalue weighted by Gasteiger charge is -2.35. The van der Waals surface area contributed by atoms with Crippen LogP contribution in [0.3, 0.4) is 0 Å². The fourth-order valence-corrected chi connectivity index (χ4v) is 12.7. The molecule has 1 N–H and O–H groups in total. The molecule has 0 fully saturated rings. The first-order valence-electron chi connectivity index (χ1n) is 25.9. The zero-order valence-corrected chi connectivity index (χ0v) is 40.5. The second kappa shape index (κ2) is 17.8. The normalized spacial score (nSPS) is 17.8. The van der Waals surface area contributed by atoms with Crippen molar-refractivity contribution in [3.8, 4) is 83.6 Å². The first-order valence-corrected chi connectivity index (χ1v) is 25.9. The molecule has 9 aromatic carbocycles. The number of hydrogen-bond acceptors (Lipinski definition) is 1. The van der Waals surface area contributed by atoms with Crippen LogP contribution in [0.4, 0.5) is 0 Å². The summed E-state index contributed by atoms with van der Waals surface area (Å²) in [5, 5.41) is 12.1. The zero-order chi connectivity index (χ0) is 48.4. The summed E-state index contributed by atoms with van der Waals surface area (Å²) in [5.74, 6) is 1.32. The molecule has 3 atom stereocenters. The molecular formula is C72H52O. The van der Waals surface area contributed by atoms with E-state index >= 15 is 0 Å². The van der Waals surface area contributed by atoms with Crippen LogP contribution in [0.25, 0.3) is 89.0 Å². The predicted octanol–water partition coefficient (Wildman–Crippen LogP) is 19.0. The highest BCUT2D eigenvalue weighted by Crippen LogP contribution is 2.53. The van der Waals surface area contributed by atoms with Gasteiger partial charge in [-0.1, -0.05) is 218 Å². The van der Waals surface area contributed by atoms with Crippen LogP contribution in [0.1, 0.15) is 64.8 Å². The van der Waals surface area contributed by atoms with Crippen LogP contribution in [0.2, 0.25) is 0 Å². The van der Waals surface area contributed by atoms with Crippen molar-refractivity contribution in [1.29, 1.82) is 0 Å². The Hall–Kier alpha value is -8.78. The Labute approximate surface area is 428 Å². The number of allylic oxidation sites excluding steroid dienone is 12. The minimum atomic E-state index is 0.278. The molecule has 1 nitrogen and oxygen atoms in total. The van der Waals surface area contributed by atoms with E-state index in [0.29, 0.717) is 17.8 Å². The van der Waals surface area contributed by atoms with Gasteiger partial charge in [0.05, 0.1) is 0 Å². The van der Waals surface area contributed by atoms with E-state index in [1.165, 1.54) is 83.5 Å². The van der Waals surface area contributed by atoms with Gasteiger partial charge in [0.25, 0.3) is 0 Å². The Morgan fingerprint density at radius 3 is 1.47 bits per heavy atom. The van der Waals surface area contributed by atoms with Crippen LogP contribution in [0, 0.1) is 0 Å². The minimum Gasteiger partial charge on any atom is -0.507 e. The summed E-state index contributed by atoms with van der Waals surface area (Å²) in [6.07, 6.45) is 21.8. The lowest BCUT2D eigenvalue weighted by atomic mass is 9.68. The molecule has 0 heterocycles. The van der Waals surface area contributed by atoms with E-state index < -0.39 is 0 Å².